The molecule has 0 saturated heterocycles. The normalized spacial score (nSPS) is 17.3. The van der Waals surface area contributed by atoms with Crippen molar-refractivity contribution in [1.29, 1.82) is 5.26 Å². The lowest BCUT2D eigenvalue weighted by Crippen LogP contribution is -2.50. The molecule has 1 aliphatic rings. The standard InChI is InChI=1S/C26H31F2N7O2S/c1-5-37-34(18(2)3)25(36)35-26(19-10-7-6-8-11-19,14-9-15-31-24(30-4)32-17-29)38-23(33-35)21-16-20(27)12-13-22(21)28/h6-8,10-13,16,18H,5,9,14-15H2,1-4H3,(H2,30,31,32). The molecule has 0 radical (unpaired) electrons. The molecule has 0 saturated carbocycles. The highest BCUT2D eigenvalue weighted by Crippen LogP contribution is 2.51. The molecule has 12 heteroatoms. The molecular formula is C26H31F2N7O2S. The fourth-order valence-corrected chi connectivity index (χ4v) is 5.38. The minimum absolute atomic E-state index is 0.0325. The second-order valence-corrected chi connectivity index (χ2v) is 9.82. The summed E-state index contributed by atoms with van der Waals surface area (Å²) in [6.45, 7) is 6.08. The summed E-state index contributed by atoms with van der Waals surface area (Å²) in [5.74, 6) is -0.944. The van der Waals surface area contributed by atoms with Crippen molar-refractivity contribution >= 4 is 28.8 Å². The van der Waals surface area contributed by atoms with Gasteiger partial charge in [0.1, 0.15) is 21.5 Å². The van der Waals surface area contributed by atoms with Gasteiger partial charge in [0.25, 0.3) is 0 Å². The van der Waals surface area contributed by atoms with Crippen LogP contribution in [0.2, 0.25) is 0 Å². The molecule has 38 heavy (non-hydrogen) atoms. The molecule has 2 N–H and O–H groups in total. The number of amides is 2. The number of hydroxylamine groups is 2. The first-order chi connectivity index (χ1) is 18.3. The van der Waals surface area contributed by atoms with Gasteiger partial charge >= 0.3 is 6.03 Å². The molecule has 9 nitrogen and oxygen atoms in total. The molecule has 1 aliphatic heterocycles. The predicted molar refractivity (Wildman–Crippen MR) is 144 cm³/mol. The highest BCUT2D eigenvalue weighted by molar-refractivity contribution is 8.15. The van der Waals surface area contributed by atoms with E-state index in [0.29, 0.717) is 25.3 Å². The minimum Gasteiger partial charge on any atom is -0.359 e. The van der Waals surface area contributed by atoms with Gasteiger partial charge in [0.15, 0.2) is 0 Å². The Hall–Kier alpha value is -3.69. The van der Waals surface area contributed by atoms with Crippen LogP contribution >= 0.6 is 11.8 Å². The van der Waals surface area contributed by atoms with E-state index in [0.717, 1.165) is 23.8 Å². The van der Waals surface area contributed by atoms with Gasteiger partial charge < -0.3 is 10.6 Å². The highest BCUT2D eigenvalue weighted by atomic mass is 32.2. The molecule has 1 heterocycles. The lowest BCUT2D eigenvalue weighted by atomic mass is 10.0. The first-order valence-electron chi connectivity index (χ1n) is 12.2. The van der Waals surface area contributed by atoms with Crippen LogP contribution in [-0.2, 0) is 9.71 Å². The third-order valence-corrected chi connectivity index (χ3v) is 7.12. The SMILES string of the molecule is CCON(C(=O)N1N=C(c2cc(F)ccc2F)SC1(CCCN/C(=N\C#N)NC)c1ccccc1)C(C)C. The second-order valence-electron chi connectivity index (χ2n) is 8.55. The van der Waals surface area contributed by atoms with Crippen molar-refractivity contribution in [3.8, 4) is 6.19 Å². The number of nitrogens with one attached hydrogen (secondary N) is 2. The predicted octanol–water partition coefficient (Wildman–Crippen LogP) is 4.74. The Kier molecular flexibility index (Phi) is 10.0. The Labute approximate surface area is 225 Å². The number of urea groups is 1. The van der Waals surface area contributed by atoms with Gasteiger partial charge in [0.2, 0.25) is 12.2 Å². The van der Waals surface area contributed by atoms with Crippen LogP contribution < -0.4 is 10.6 Å². The van der Waals surface area contributed by atoms with Crippen LogP contribution in [0, 0.1) is 23.1 Å². The number of hydrogen-bond acceptors (Lipinski definition) is 6. The number of thioether (sulfide) groups is 1. The molecule has 0 fully saturated rings. The van der Waals surface area contributed by atoms with Crippen LogP contribution in [0.3, 0.4) is 0 Å². The van der Waals surface area contributed by atoms with E-state index >= 15 is 0 Å². The molecule has 2 aromatic rings. The van der Waals surface area contributed by atoms with Gasteiger partial charge in [-0.05, 0) is 57.4 Å². The van der Waals surface area contributed by atoms with Gasteiger partial charge in [0.05, 0.1) is 12.6 Å². The Morgan fingerprint density at radius 3 is 2.66 bits per heavy atom. The molecule has 0 spiro atoms. The van der Waals surface area contributed by atoms with Crippen molar-refractivity contribution in [2.45, 2.75) is 44.5 Å². The Bertz CT molecular complexity index is 1220. The topological polar surface area (TPSA) is 105 Å². The number of nitriles is 1. The minimum atomic E-state index is -1.09. The van der Waals surface area contributed by atoms with E-state index in [4.69, 9.17) is 10.1 Å². The number of guanidine groups is 1. The molecule has 0 aromatic heterocycles. The van der Waals surface area contributed by atoms with Crippen LogP contribution in [0.25, 0.3) is 0 Å². The summed E-state index contributed by atoms with van der Waals surface area (Å²) in [6.07, 6.45) is 2.62. The molecule has 202 valence electrons. The Balaban J connectivity index is 2.08. The first-order valence-corrected chi connectivity index (χ1v) is 13.0. The lowest BCUT2D eigenvalue weighted by Gasteiger charge is -2.39. The van der Waals surface area contributed by atoms with Gasteiger partial charge in [-0.15, -0.1) is 4.99 Å². The second kappa shape index (κ2) is 13.2. The van der Waals surface area contributed by atoms with Gasteiger partial charge in [-0.3, -0.25) is 4.84 Å². The van der Waals surface area contributed by atoms with E-state index in [2.05, 4.69) is 20.7 Å². The number of halogens is 2. The third kappa shape index (κ3) is 6.41. The zero-order valence-electron chi connectivity index (χ0n) is 21.7. The average Bonchev–Trinajstić information content (AvgIpc) is 3.31. The maximum atomic E-state index is 14.9. The molecule has 1 unspecified atom stereocenters. The lowest BCUT2D eigenvalue weighted by molar-refractivity contribution is -0.143. The van der Waals surface area contributed by atoms with E-state index in [9.17, 15) is 13.6 Å². The average molecular weight is 544 g/mol. The van der Waals surface area contributed by atoms with Crippen LogP contribution in [-0.4, -0.2) is 53.3 Å². The number of nitrogens with zero attached hydrogens (tertiary/aromatic N) is 5. The van der Waals surface area contributed by atoms with Crippen LogP contribution in [0.15, 0.2) is 58.6 Å². The number of aliphatic imine (C=N–C) groups is 1. The summed E-state index contributed by atoms with van der Waals surface area (Å²) in [6, 6.07) is 11.6. The summed E-state index contributed by atoms with van der Waals surface area (Å²) in [4.78, 5) is 22.2. The van der Waals surface area contributed by atoms with E-state index in [1.807, 2.05) is 44.2 Å². The van der Waals surface area contributed by atoms with Crippen LogP contribution in [0.5, 0.6) is 0 Å². The van der Waals surface area contributed by atoms with Crippen molar-refractivity contribution < 1.29 is 18.4 Å². The summed E-state index contributed by atoms with van der Waals surface area (Å²) >= 11 is 1.19. The molecule has 0 aliphatic carbocycles. The van der Waals surface area contributed by atoms with E-state index in [1.165, 1.54) is 21.8 Å². The molecule has 2 amide bonds. The zero-order valence-corrected chi connectivity index (χ0v) is 22.6. The summed E-state index contributed by atoms with van der Waals surface area (Å²) in [5.41, 5.74) is 0.725. The number of hydrogen-bond donors (Lipinski definition) is 2. The number of benzene rings is 2. The Morgan fingerprint density at radius 1 is 1.29 bits per heavy atom. The summed E-state index contributed by atoms with van der Waals surface area (Å²) in [5, 5.41) is 22.0. The maximum Gasteiger partial charge on any atom is 0.366 e. The van der Waals surface area contributed by atoms with Crippen molar-refractivity contribution in [3.63, 3.8) is 0 Å². The number of carbonyl (C=O) groups excluding carboxylic acids is 1. The molecular weight excluding hydrogens is 512 g/mol. The van der Waals surface area contributed by atoms with Crippen LogP contribution in [0.1, 0.15) is 44.7 Å². The van der Waals surface area contributed by atoms with Gasteiger partial charge in [-0.1, -0.05) is 42.1 Å². The monoisotopic (exact) mass is 543 g/mol. The molecule has 1 atom stereocenters. The van der Waals surface area contributed by atoms with E-state index < -0.39 is 22.5 Å². The largest absolute Gasteiger partial charge is 0.366 e. The summed E-state index contributed by atoms with van der Waals surface area (Å²) < 4.78 is 29.0. The fraction of sp³-hybridized carbons (Fsp3) is 0.385. The van der Waals surface area contributed by atoms with Crippen molar-refractivity contribution in [1.82, 2.24) is 20.7 Å². The van der Waals surface area contributed by atoms with E-state index in [1.54, 1.807) is 20.2 Å². The van der Waals surface area contributed by atoms with Crippen molar-refractivity contribution in [3.05, 3.63) is 71.3 Å². The highest BCUT2D eigenvalue weighted by Gasteiger charge is 2.50. The molecule has 0 bridgehead atoms. The van der Waals surface area contributed by atoms with Crippen molar-refractivity contribution in [2.24, 2.45) is 10.1 Å². The number of carbonyl (C=O) groups is 1. The molecule has 2 aromatic carbocycles. The number of rotatable bonds is 9. The van der Waals surface area contributed by atoms with E-state index in [-0.39, 0.29) is 23.3 Å². The van der Waals surface area contributed by atoms with Gasteiger partial charge in [0, 0.05) is 19.2 Å². The van der Waals surface area contributed by atoms with Gasteiger partial charge in [-0.2, -0.15) is 20.4 Å². The smallest absolute Gasteiger partial charge is 0.359 e. The third-order valence-electron chi connectivity index (χ3n) is 5.67. The molecule has 3 rings (SSSR count). The van der Waals surface area contributed by atoms with Crippen LogP contribution in [0.4, 0.5) is 13.6 Å². The zero-order chi connectivity index (χ0) is 27.7. The first kappa shape index (κ1) is 28.9. The number of hydrazone groups is 1. The Morgan fingerprint density at radius 2 is 2.03 bits per heavy atom. The quantitative estimate of drug-likeness (QED) is 0.156. The fourth-order valence-electron chi connectivity index (χ4n) is 3.97. The van der Waals surface area contributed by atoms with Crippen molar-refractivity contribution in [2.75, 3.05) is 20.2 Å². The summed E-state index contributed by atoms with van der Waals surface area (Å²) in [7, 11) is 1.64. The maximum absolute atomic E-state index is 14.9. The van der Waals surface area contributed by atoms with Gasteiger partial charge in [-0.25, -0.2) is 13.6 Å².